The van der Waals surface area contributed by atoms with Gasteiger partial charge in [0.2, 0.25) is 0 Å². The van der Waals surface area contributed by atoms with Crippen LogP contribution in [0.3, 0.4) is 0 Å². The highest BCUT2D eigenvalue weighted by atomic mass is 19.1. The number of nitrogens with one attached hydrogen (secondary N) is 1. The van der Waals surface area contributed by atoms with Crippen LogP contribution in [-0.2, 0) is 19.5 Å². The van der Waals surface area contributed by atoms with E-state index in [1.54, 1.807) is 31.2 Å². The van der Waals surface area contributed by atoms with Crippen LogP contribution < -0.4 is 5.32 Å². The number of halogens is 1. The van der Waals surface area contributed by atoms with Crippen LogP contribution in [0.15, 0.2) is 54.6 Å². The van der Waals surface area contributed by atoms with Gasteiger partial charge in [0, 0.05) is 31.3 Å². The van der Waals surface area contributed by atoms with Gasteiger partial charge in [-0.15, -0.1) is 0 Å². The molecule has 1 aliphatic rings. The number of rotatable bonds is 4. The minimum atomic E-state index is -0.274. The summed E-state index contributed by atoms with van der Waals surface area (Å²) in [6.07, 6.45) is 0.838. The normalized spacial score (nSPS) is 13.1. The first-order valence-corrected chi connectivity index (χ1v) is 9.29. The molecule has 1 N–H and O–H groups in total. The summed E-state index contributed by atoms with van der Waals surface area (Å²) in [6.45, 7) is 3.28. The standard InChI is InChI=1S/C22H21FN4O/c1-15-25-20(12-21(26-15)24-13-17-7-4-5-9-19(17)23)22(28)27-11-10-16-6-2-3-8-18(16)14-27/h2-9,12H,10-11,13-14H2,1H3,(H,24,25,26). The predicted molar refractivity (Wildman–Crippen MR) is 105 cm³/mol. The van der Waals surface area contributed by atoms with E-state index >= 15 is 0 Å². The lowest BCUT2D eigenvalue weighted by molar-refractivity contribution is 0.0728. The third kappa shape index (κ3) is 3.86. The van der Waals surface area contributed by atoms with Gasteiger partial charge in [0.25, 0.3) is 5.91 Å². The number of aromatic nitrogens is 2. The lowest BCUT2D eigenvalue weighted by Gasteiger charge is -2.28. The van der Waals surface area contributed by atoms with Gasteiger partial charge in [-0.25, -0.2) is 14.4 Å². The molecule has 142 valence electrons. The Balaban J connectivity index is 1.50. The van der Waals surface area contributed by atoms with E-state index in [0.717, 1.165) is 6.42 Å². The van der Waals surface area contributed by atoms with Crippen molar-refractivity contribution in [2.75, 3.05) is 11.9 Å². The Morgan fingerprint density at radius 3 is 2.68 bits per heavy atom. The Labute approximate surface area is 163 Å². The fourth-order valence-electron chi connectivity index (χ4n) is 3.43. The molecule has 6 heteroatoms. The quantitative estimate of drug-likeness (QED) is 0.754. The number of anilines is 1. The molecule has 0 bridgehead atoms. The van der Waals surface area contributed by atoms with Gasteiger partial charge in [-0.05, 0) is 30.5 Å². The van der Waals surface area contributed by atoms with Gasteiger partial charge in [0.15, 0.2) is 0 Å². The summed E-state index contributed by atoms with van der Waals surface area (Å²) < 4.78 is 13.8. The van der Waals surface area contributed by atoms with Crippen molar-refractivity contribution in [1.29, 1.82) is 0 Å². The van der Waals surface area contributed by atoms with Crippen molar-refractivity contribution >= 4 is 11.7 Å². The molecule has 1 aromatic heterocycles. The van der Waals surface area contributed by atoms with Crippen LogP contribution in [0.25, 0.3) is 0 Å². The van der Waals surface area contributed by atoms with Gasteiger partial charge >= 0.3 is 0 Å². The van der Waals surface area contributed by atoms with Gasteiger partial charge in [0.1, 0.15) is 23.2 Å². The van der Waals surface area contributed by atoms with Gasteiger partial charge in [-0.3, -0.25) is 4.79 Å². The fraction of sp³-hybridized carbons (Fsp3) is 0.227. The molecule has 0 unspecified atom stereocenters. The van der Waals surface area contributed by atoms with Crippen molar-refractivity contribution in [2.24, 2.45) is 0 Å². The second-order valence-electron chi connectivity index (χ2n) is 6.88. The van der Waals surface area contributed by atoms with Crippen molar-refractivity contribution < 1.29 is 9.18 Å². The number of carbonyl (C=O) groups is 1. The zero-order chi connectivity index (χ0) is 19.5. The number of carbonyl (C=O) groups excluding carboxylic acids is 1. The third-order valence-electron chi connectivity index (χ3n) is 4.89. The molecule has 0 atom stereocenters. The van der Waals surface area contributed by atoms with Crippen LogP contribution in [0, 0.1) is 12.7 Å². The van der Waals surface area contributed by atoms with E-state index in [-0.39, 0.29) is 18.3 Å². The highest BCUT2D eigenvalue weighted by Crippen LogP contribution is 2.20. The summed E-state index contributed by atoms with van der Waals surface area (Å²) in [5.41, 5.74) is 3.35. The Morgan fingerprint density at radius 2 is 1.86 bits per heavy atom. The van der Waals surface area contributed by atoms with Crippen molar-refractivity contribution in [3.8, 4) is 0 Å². The SMILES string of the molecule is Cc1nc(NCc2ccccc2F)cc(C(=O)N2CCc3ccccc3C2)n1. The van der Waals surface area contributed by atoms with Crippen molar-refractivity contribution in [1.82, 2.24) is 14.9 Å². The lowest BCUT2D eigenvalue weighted by Crippen LogP contribution is -2.36. The topological polar surface area (TPSA) is 58.1 Å². The Hall–Kier alpha value is -3.28. The summed E-state index contributed by atoms with van der Waals surface area (Å²) in [5.74, 6) is 0.619. The van der Waals surface area contributed by atoms with Gasteiger partial charge in [0.05, 0.1) is 0 Å². The van der Waals surface area contributed by atoms with Crippen molar-refractivity contribution in [3.05, 3.63) is 88.6 Å². The molecule has 4 rings (SSSR count). The molecular weight excluding hydrogens is 355 g/mol. The zero-order valence-electron chi connectivity index (χ0n) is 15.7. The lowest BCUT2D eigenvalue weighted by atomic mass is 10.00. The summed E-state index contributed by atoms with van der Waals surface area (Å²) in [7, 11) is 0. The Bertz CT molecular complexity index is 1020. The van der Waals surface area contributed by atoms with E-state index in [2.05, 4.69) is 27.4 Å². The van der Waals surface area contributed by atoms with Crippen LogP contribution in [0.2, 0.25) is 0 Å². The number of benzene rings is 2. The highest BCUT2D eigenvalue weighted by Gasteiger charge is 2.23. The molecule has 0 aliphatic carbocycles. The average molecular weight is 376 g/mol. The molecular formula is C22H21FN4O. The van der Waals surface area contributed by atoms with Crippen LogP contribution in [0.5, 0.6) is 0 Å². The second-order valence-corrected chi connectivity index (χ2v) is 6.88. The Morgan fingerprint density at radius 1 is 1.11 bits per heavy atom. The first kappa shape index (κ1) is 18.1. The summed E-state index contributed by atoms with van der Waals surface area (Å²) in [6, 6.07) is 16.4. The zero-order valence-corrected chi connectivity index (χ0v) is 15.7. The number of amides is 1. The smallest absolute Gasteiger partial charge is 0.272 e. The molecule has 0 saturated heterocycles. The molecule has 28 heavy (non-hydrogen) atoms. The maximum absolute atomic E-state index is 13.8. The molecule has 0 saturated carbocycles. The maximum Gasteiger partial charge on any atom is 0.272 e. The molecule has 5 nitrogen and oxygen atoms in total. The molecule has 1 aliphatic heterocycles. The van der Waals surface area contributed by atoms with Crippen LogP contribution in [-0.4, -0.2) is 27.3 Å². The first-order valence-electron chi connectivity index (χ1n) is 9.29. The minimum Gasteiger partial charge on any atom is -0.366 e. The molecule has 3 aromatic rings. The third-order valence-corrected chi connectivity index (χ3v) is 4.89. The highest BCUT2D eigenvalue weighted by molar-refractivity contribution is 5.93. The van der Waals surface area contributed by atoms with Crippen molar-refractivity contribution in [3.63, 3.8) is 0 Å². The van der Waals surface area contributed by atoms with E-state index in [1.807, 2.05) is 17.0 Å². The van der Waals surface area contributed by atoms with Gasteiger partial charge in [-0.2, -0.15) is 0 Å². The number of fused-ring (bicyclic) bond motifs is 1. The molecule has 0 fully saturated rings. The van der Waals surface area contributed by atoms with Gasteiger partial charge < -0.3 is 10.2 Å². The summed E-state index contributed by atoms with van der Waals surface area (Å²) >= 11 is 0. The van der Waals surface area contributed by atoms with E-state index < -0.39 is 0 Å². The molecule has 0 radical (unpaired) electrons. The largest absolute Gasteiger partial charge is 0.366 e. The predicted octanol–water partition coefficient (Wildman–Crippen LogP) is 3.73. The number of nitrogens with zero attached hydrogens (tertiary/aromatic N) is 3. The van der Waals surface area contributed by atoms with E-state index in [9.17, 15) is 9.18 Å². The molecule has 1 amide bonds. The average Bonchev–Trinajstić information content (AvgIpc) is 2.72. The second kappa shape index (κ2) is 7.76. The first-order chi connectivity index (χ1) is 13.6. The number of hydrogen-bond acceptors (Lipinski definition) is 4. The van der Waals surface area contributed by atoms with Crippen LogP contribution in [0.1, 0.15) is 33.0 Å². The molecule has 0 spiro atoms. The number of aryl methyl sites for hydroxylation is 1. The number of hydrogen-bond donors (Lipinski definition) is 1. The van der Waals surface area contributed by atoms with Crippen molar-refractivity contribution in [2.45, 2.75) is 26.4 Å². The van der Waals surface area contributed by atoms with E-state index in [0.29, 0.717) is 36.0 Å². The summed E-state index contributed by atoms with van der Waals surface area (Å²) in [5, 5.41) is 3.09. The van der Waals surface area contributed by atoms with Crippen LogP contribution in [0.4, 0.5) is 10.2 Å². The fourth-order valence-corrected chi connectivity index (χ4v) is 3.43. The summed E-state index contributed by atoms with van der Waals surface area (Å²) in [4.78, 5) is 23.4. The minimum absolute atomic E-state index is 0.117. The van der Waals surface area contributed by atoms with Crippen LogP contribution >= 0.6 is 0 Å². The van der Waals surface area contributed by atoms with E-state index in [4.69, 9.17) is 0 Å². The van der Waals surface area contributed by atoms with Gasteiger partial charge in [-0.1, -0.05) is 42.5 Å². The monoisotopic (exact) mass is 376 g/mol. The molecule has 2 aromatic carbocycles. The van der Waals surface area contributed by atoms with E-state index in [1.165, 1.54) is 17.2 Å². The maximum atomic E-state index is 13.8. The molecule has 2 heterocycles. The Kier molecular flexibility index (Phi) is 5.02.